The van der Waals surface area contributed by atoms with Gasteiger partial charge in [-0.2, -0.15) is 0 Å². The van der Waals surface area contributed by atoms with Gasteiger partial charge in [0.1, 0.15) is 5.69 Å². The number of amides is 1. The van der Waals surface area contributed by atoms with Gasteiger partial charge in [0.05, 0.1) is 0 Å². The van der Waals surface area contributed by atoms with Crippen LogP contribution in [-0.2, 0) is 0 Å². The van der Waals surface area contributed by atoms with E-state index in [-0.39, 0.29) is 5.91 Å². The molecule has 0 aliphatic rings. The lowest BCUT2D eigenvalue weighted by atomic mass is 10.3. The molecule has 2 rings (SSSR count). The normalized spacial score (nSPS) is 9.81. The summed E-state index contributed by atoms with van der Waals surface area (Å²) in [5.74, 6) is -0.253. The van der Waals surface area contributed by atoms with Gasteiger partial charge in [0.2, 0.25) is 0 Å². The van der Waals surface area contributed by atoms with Crippen LogP contribution in [0, 0.1) is 0 Å². The van der Waals surface area contributed by atoms with Crippen molar-refractivity contribution in [1.29, 1.82) is 0 Å². The number of nitrogens with zero attached hydrogens (tertiary/aromatic N) is 1. The average Bonchev–Trinajstić information content (AvgIpc) is 2.31. The van der Waals surface area contributed by atoms with Gasteiger partial charge >= 0.3 is 0 Å². The number of benzene rings is 1. The first-order valence-corrected chi connectivity index (χ1v) is 5.22. The van der Waals surface area contributed by atoms with Crippen LogP contribution in [0.5, 0.6) is 0 Å². The number of hydrogen-bond donors (Lipinski definition) is 2. The molecule has 0 aliphatic carbocycles. The Kier molecular flexibility index (Phi) is 3.22. The maximum absolute atomic E-state index is 11.8. The van der Waals surface area contributed by atoms with Crippen molar-refractivity contribution in [3.05, 3.63) is 54.4 Å². The van der Waals surface area contributed by atoms with Crippen LogP contribution < -0.4 is 5.32 Å². The van der Waals surface area contributed by atoms with E-state index in [0.717, 1.165) is 5.69 Å². The van der Waals surface area contributed by atoms with E-state index < -0.39 is 0 Å². The summed E-state index contributed by atoms with van der Waals surface area (Å²) in [6.07, 6.45) is 1.57. The molecule has 0 fully saturated rings. The van der Waals surface area contributed by atoms with Crippen LogP contribution in [0.4, 0.5) is 5.69 Å². The van der Waals surface area contributed by atoms with Gasteiger partial charge in [-0.25, -0.2) is 4.98 Å². The Bertz CT molecular complexity index is 499. The van der Waals surface area contributed by atoms with E-state index in [9.17, 15) is 4.79 Å². The van der Waals surface area contributed by atoms with E-state index in [1.807, 2.05) is 30.3 Å². The summed E-state index contributed by atoms with van der Waals surface area (Å²) >= 11 is 4.18. The molecule has 4 heteroatoms. The summed E-state index contributed by atoms with van der Waals surface area (Å²) < 4.78 is 0. The van der Waals surface area contributed by atoms with Crippen LogP contribution in [0.1, 0.15) is 10.5 Å². The summed E-state index contributed by atoms with van der Waals surface area (Å²) in [7, 11) is 0. The third-order valence-corrected chi connectivity index (χ3v) is 2.39. The van der Waals surface area contributed by atoms with Gasteiger partial charge in [0, 0.05) is 16.8 Å². The van der Waals surface area contributed by atoms with Crippen molar-refractivity contribution in [3.8, 4) is 0 Å². The van der Waals surface area contributed by atoms with Crippen LogP contribution in [0.2, 0.25) is 0 Å². The lowest BCUT2D eigenvalue weighted by molar-refractivity contribution is 0.101. The van der Waals surface area contributed by atoms with Gasteiger partial charge in [-0.3, -0.25) is 4.79 Å². The van der Waals surface area contributed by atoms with Crippen LogP contribution >= 0.6 is 12.6 Å². The van der Waals surface area contributed by atoms with Crippen molar-refractivity contribution in [2.24, 2.45) is 0 Å². The van der Waals surface area contributed by atoms with E-state index in [4.69, 9.17) is 0 Å². The molecule has 2 aromatic rings. The zero-order chi connectivity index (χ0) is 11.4. The van der Waals surface area contributed by atoms with Gasteiger partial charge < -0.3 is 5.32 Å². The van der Waals surface area contributed by atoms with E-state index >= 15 is 0 Å². The molecular formula is C12H10N2OS. The second-order valence-corrected chi connectivity index (χ2v) is 3.67. The monoisotopic (exact) mass is 230 g/mol. The summed E-state index contributed by atoms with van der Waals surface area (Å²) in [4.78, 5) is 16.4. The van der Waals surface area contributed by atoms with E-state index in [0.29, 0.717) is 10.6 Å². The van der Waals surface area contributed by atoms with E-state index in [2.05, 4.69) is 22.9 Å². The highest BCUT2D eigenvalue weighted by Crippen LogP contribution is 2.12. The molecule has 0 saturated carbocycles. The quantitative estimate of drug-likeness (QED) is 0.779. The Morgan fingerprint density at radius 2 is 1.88 bits per heavy atom. The molecule has 1 aromatic heterocycles. The first-order chi connectivity index (χ1) is 7.77. The topological polar surface area (TPSA) is 42.0 Å². The van der Waals surface area contributed by atoms with Gasteiger partial charge in [-0.1, -0.05) is 18.2 Å². The number of pyridine rings is 1. The molecule has 0 radical (unpaired) electrons. The number of carbonyl (C=O) groups is 1. The molecule has 1 heterocycles. The van der Waals surface area contributed by atoms with Crippen molar-refractivity contribution in [2.75, 3.05) is 5.32 Å². The molecule has 0 aliphatic heterocycles. The summed E-state index contributed by atoms with van der Waals surface area (Å²) in [6.45, 7) is 0. The van der Waals surface area contributed by atoms with Crippen molar-refractivity contribution in [1.82, 2.24) is 4.98 Å². The van der Waals surface area contributed by atoms with E-state index in [1.54, 1.807) is 18.3 Å². The molecule has 0 spiro atoms. The summed E-state index contributed by atoms with van der Waals surface area (Å²) in [6, 6.07) is 12.7. The van der Waals surface area contributed by atoms with Crippen molar-refractivity contribution in [3.63, 3.8) is 0 Å². The molecule has 0 saturated heterocycles. The predicted octanol–water partition coefficient (Wildman–Crippen LogP) is 2.62. The van der Waals surface area contributed by atoms with Crippen LogP contribution in [0.3, 0.4) is 0 Å². The standard InChI is InChI=1S/C12H10N2OS/c15-12(11-10(16)7-4-8-13-11)14-9-5-2-1-3-6-9/h1-8,16H,(H,14,15). The molecular weight excluding hydrogens is 220 g/mol. The Morgan fingerprint density at radius 1 is 1.12 bits per heavy atom. The highest BCUT2D eigenvalue weighted by Gasteiger charge is 2.10. The highest BCUT2D eigenvalue weighted by atomic mass is 32.1. The lowest BCUT2D eigenvalue weighted by Crippen LogP contribution is -2.14. The fourth-order valence-corrected chi connectivity index (χ4v) is 1.53. The minimum atomic E-state index is -0.253. The second-order valence-electron chi connectivity index (χ2n) is 3.19. The predicted molar refractivity (Wildman–Crippen MR) is 65.9 cm³/mol. The summed E-state index contributed by atoms with van der Waals surface area (Å²) in [5.41, 5.74) is 1.07. The fraction of sp³-hybridized carbons (Fsp3) is 0. The number of para-hydroxylation sites is 1. The third kappa shape index (κ3) is 2.41. The highest BCUT2D eigenvalue weighted by molar-refractivity contribution is 7.80. The SMILES string of the molecule is O=C(Nc1ccccc1)c1ncccc1S. The van der Waals surface area contributed by atoms with E-state index in [1.165, 1.54) is 0 Å². The lowest BCUT2D eigenvalue weighted by Gasteiger charge is -2.05. The number of rotatable bonds is 2. The molecule has 0 unspecified atom stereocenters. The average molecular weight is 230 g/mol. The molecule has 1 amide bonds. The number of aromatic nitrogens is 1. The van der Waals surface area contributed by atoms with Gasteiger partial charge in [-0.15, -0.1) is 12.6 Å². The molecule has 3 nitrogen and oxygen atoms in total. The Hall–Kier alpha value is -1.81. The molecule has 80 valence electrons. The number of nitrogens with one attached hydrogen (secondary N) is 1. The van der Waals surface area contributed by atoms with Crippen molar-refractivity contribution < 1.29 is 4.79 Å². The minimum Gasteiger partial charge on any atom is -0.321 e. The first kappa shape index (κ1) is 10.7. The minimum absolute atomic E-state index is 0.253. The molecule has 0 atom stereocenters. The Morgan fingerprint density at radius 3 is 2.56 bits per heavy atom. The summed E-state index contributed by atoms with van der Waals surface area (Å²) in [5, 5.41) is 2.75. The second kappa shape index (κ2) is 4.81. The number of thiol groups is 1. The van der Waals surface area contributed by atoms with Crippen molar-refractivity contribution in [2.45, 2.75) is 4.90 Å². The fourth-order valence-electron chi connectivity index (χ4n) is 1.28. The molecule has 1 N–H and O–H groups in total. The maximum atomic E-state index is 11.8. The van der Waals surface area contributed by atoms with Crippen molar-refractivity contribution >= 4 is 24.2 Å². The maximum Gasteiger partial charge on any atom is 0.275 e. The van der Waals surface area contributed by atoms with Gasteiger partial charge in [-0.05, 0) is 24.3 Å². The molecule has 1 aromatic carbocycles. The molecule has 16 heavy (non-hydrogen) atoms. The number of carbonyl (C=O) groups excluding carboxylic acids is 1. The number of anilines is 1. The van der Waals surface area contributed by atoms with Crippen LogP contribution in [0.15, 0.2) is 53.6 Å². The third-order valence-electron chi connectivity index (χ3n) is 2.03. The van der Waals surface area contributed by atoms with Gasteiger partial charge in [0.25, 0.3) is 5.91 Å². The van der Waals surface area contributed by atoms with Crippen LogP contribution in [-0.4, -0.2) is 10.9 Å². The smallest absolute Gasteiger partial charge is 0.275 e. The number of hydrogen-bond acceptors (Lipinski definition) is 3. The Balaban J connectivity index is 2.19. The zero-order valence-electron chi connectivity index (χ0n) is 8.42. The zero-order valence-corrected chi connectivity index (χ0v) is 9.32. The van der Waals surface area contributed by atoms with Crippen LogP contribution in [0.25, 0.3) is 0 Å². The van der Waals surface area contributed by atoms with Gasteiger partial charge in [0.15, 0.2) is 0 Å². The molecule has 0 bridgehead atoms. The largest absolute Gasteiger partial charge is 0.321 e. The first-order valence-electron chi connectivity index (χ1n) is 4.78. The Labute approximate surface area is 98.9 Å².